The Morgan fingerprint density at radius 2 is 1.49 bits per heavy atom. The van der Waals surface area contributed by atoms with Gasteiger partial charge < -0.3 is 24.4 Å². The smallest absolute Gasteiger partial charge is 0.261 e. The predicted molar refractivity (Wildman–Crippen MR) is 154 cm³/mol. The molecule has 0 aromatic heterocycles. The predicted octanol–water partition coefficient (Wildman–Crippen LogP) is 5.80. The molecular weight excluding hydrogens is 539 g/mol. The van der Waals surface area contributed by atoms with Gasteiger partial charge in [-0.3, -0.25) is 9.59 Å². The Labute approximate surface area is 240 Å². The van der Waals surface area contributed by atoms with E-state index < -0.39 is 6.04 Å². The van der Waals surface area contributed by atoms with Gasteiger partial charge in [-0.1, -0.05) is 73.4 Å². The van der Waals surface area contributed by atoms with Crippen molar-refractivity contribution in [3.63, 3.8) is 0 Å². The molecule has 0 fully saturated rings. The fourth-order valence-electron chi connectivity index (χ4n) is 3.90. The number of hydrogen-bond donors (Lipinski definition) is 1. The largest absolute Gasteiger partial charge is 0.496 e. The summed E-state index contributed by atoms with van der Waals surface area (Å²) >= 11 is 12.4. The second kappa shape index (κ2) is 14.7. The highest BCUT2D eigenvalue weighted by Gasteiger charge is 2.31. The average Bonchev–Trinajstić information content (AvgIpc) is 2.94. The number of benzene rings is 3. The lowest BCUT2D eigenvalue weighted by molar-refractivity contribution is -0.142. The summed E-state index contributed by atoms with van der Waals surface area (Å²) in [4.78, 5) is 28.8. The zero-order valence-electron chi connectivity index (χ0n) is 22.6. The van der Waals surface area contributed by atoms with Crippen molar-refractivity contribution >= 4 is 35.0 Å². The van der Waals surface area contributed by atoms with Crippen LogP contribution in [-0.4, -0.2) is 50.1 Å². The standard InChI is InChI=1S/C30H34Cl2N2O5/c1-20(2)17-33-30(36)28(13-21-8-6-5-7-9-21)34(18-22-10-11-26(31)27(32)12-22)29(35)19-39-25-15-23(37-3)14-24(16-25)38-4/h5-12,14-16,20,28H,13,17-19H2,1-4H3,(H,33,36)/t28-/m1/s1. The number of hydrogen-bond acceptors (Lipinski definition) is 5. The van der Waals surface area contributed by atoms with Crippen LogP contribution in [0.25, 0.3) is 0 Å². The molecule has 1 N–H and O–H groups in total. The summed E-state index contributed by atoms with van der Waals surface area (Å²) in [6, 6.07) is 19.0. The van der Waals surface area contributed by atoms with Crippen molar-refractivity contribution in [1.82, 2.24) is 10.2 Å². The van der Waals surface area contributed by atoms with Gasteiger partial charge in [-0.15, -0.1) is 0 Å². The third-order valence-electron chi connectivity index (χ3n) is 5.98. The lowest BCUT2D eigenvalue weighted by atomic mass is 10.0. The van der Waals surface area contributed by atoms with Crippen LogP contribution in [0, 0.1) is 5.92 Å². The molecule has 208 valence electrons. The van der Waals surface area contributed by atoms with Gasteiger partial charge >= 0.3 is 0 Å². The molecule has 0 saturated carbocycles. The van der Waals surface area contributed by atoms with Crippen molar-refractivity contribution in [2.45, 2.75) is 32.9 Å². The van der Waals surface area contributed by atoms with E-state index in [9.17, 15) is 9.59 Å². The van der Waals surface area contributed by atoms with Crippen molar-refractivity contribution in [3.05, 3.63) is 87.9 Å². The van der Waals surface area contributed by atoms with Crippen molar-refractivity contribution in [2.24, 2.45) is 5.92 Å². The van der Waals surface area contributed by atoms with E-state index in [0.717, 1.165) is 11.1 Å². The average molecular weight is 574 g/mol. The molecule has 7 nitrogen and oxygen atoms in total. The molecule has 0 unspecified atom stereocenters. The third-order valence-corrected chi connectivity index (χ3v) is 6.72. The Balaban J connectivity index is 1.94. The van der Waals surface area contributed by atoms with Gasteiger partial charge in [0.15, 0.2) is 6.61 Å². The summed E-state index contributed by atoms with van der Waals surface area (Å²) < 4.78 is 16.5. The number of carbonyl (C=O) groups is 2. The summed E-state index contributed by atoms with van der Waals surface area (Å²) in [5.74, 6) is 1.08. The quantitative estimate of drug-likeness (QED) is 0.280. The van der Waals surface area contributed by atoms with Gasteiger partial charge in [0.1, 0.15) is 23.3 Å². The van der Waals surface area contributed by atoms with Crippen molar-refractivity contribution < 1.29 is 23.8 Å². The van der Waals surface area contributed by atoms with Gasteiger partial charge in [-0.25, -0.2) is 0 Å². The van der Waals surface area contributed by atoms with E-state index >= 15 is 0 Å². The Morgan fingerprint density at radius 3 is 2.08 bits per heavy atom. The maximum atomic E-state index is 13.8. The Hall–Kier alpha value is -3.42. The molecule has 0 heterocycles. The normalized spacial score (nSPS) is 11.6. The van der Waals surface area contributed by atoms with E-state index in [0.29, 0.717) is 40.3 Å². The molecule has 0 bridgehead atoms. The molecule has 0 radical (unpaired) electrons. The zero-order valence-corrected chi connectivity index (χ0v) is 24.1. The van der Waals surface area contributed by atoms with E-state index in [1.54, 1.807) is 36.4 Å². The van der Waals surface area contributed by atoms with Crippen LogP contribution < -0.4 is 19.5 Å². The van der Waals surface area contributed by atoms with Gasteiger partial charge in [0.25, 0.3) is 5.91 Å². The third kappa shape index (κ3) is 9.08. The molecule has 0 saturated heterocycles. The van der Waals surface area contributed by atoms with Crippen LogP contribution >= 0.6 is 23.2 Å². The van der Waals surface area contributed by atoms with E-state index in [1.807, 2.05) is 44.2 Å². The summed E-state index contributed by atoms with van der Waals surface area (Å²) in [5, 5.41) is 3.77. The first-order valence-corrected chi connectivity index (χ1v) is 13.4. The van der Waals surface area contributed by atoms with Gasteiger partial charge in [-0.05, 0) is 29.2 Å². The minimum Gasteiger partial charge on any atom is -0.496 e. The van der Waals surface area contributed by atoms with Gasteiger partial charge in [0, 0.05) is 37.7 Å². The molecule has 0 spiro atoms. The highest BCUT2D eigenvalue weighted by Crippen LogP contribution is 2.28. The number of halogens is 2. The molecule has 0 aliphatic rings. The molecule has 39 heavy (non-hydrogen) atoms. The zero-order chi connectivity index (χ0) is 28.4. The summed E-state index contributed by atoms with van der Waals surface area (Å²) in [7, 11) is 3.07. The molecule has 3 aromatic carbocycles. The highest BCUT2D eigenvalue weighted by molar-refractivity contribution is 6.42. The molecular formula is C30H34Cl2N2O5. The highest BCUT2D eigenvalue weighted by atomic mass is 35.5. The van der Waals surface area contributed by atoms with Crippen LogP contribution in [0.4, 0.5) is 0 Å². The molecule has 1 atom stereocenters. The second-order valence-corrected chi connectivity index (χ2v) is 10.3. The van der Waals surface area contributed by atoms with Crippen LogP contribution in [0.3, 0.4) is 0 Å². The molecule has 3 rings (SSSR count). The van der Waals surface area contributed by atoms with Crippen molar-refractivity contribution in [1.29, 1.82) is 0 Å². The monoisotopic (exact) mass is 572 g/mol. The van der Waals surface area contributed by atoms with Gasteiger partial charge in [-0.2, -0.15) is 0 Å². The van der Waals surface area contributed by atoms with Gasteiger partial charge in [0.05, 0.1) is 24.3 Å². The molecule has 9 heteroatoms. The topological polar surface area (TPSA) is 77.1 Å². The van der Waals surface area contributed by atoms with E-state index in [-0.39, 0.29) is 30.9 Å². The maximum absolute atomic E-state index is 13.8. The first-order valence-electron chi connectivity index (χ1n) is 12.6. The molecule has 2 amide bonds. The SMILES string of the molecule is COc1cc(OC)cc(OCC(=O)N(Cc2ccc(Cl)c(Cl)c2)[C@H](Cc2ccccc2)C(=O)NCC(C)C)c1. The van der Waals surface area contributed by atoms with Crippen LogP contribution in [0.2, 0.25) is 10.0 Å². The van der Waals surface area contributed by atoms with Crippen LogP contribution in [0.5, 0.6) is 17.2 Å². The minimum absolute atomic E-state index is 0.132. The lowest BCUT2D eigenvalue weighted by Crippen LogP contribution is -2.52. The summed E-state index contributed by atoms with van der Waals surface area (Å²) in [6.45, 7) is 4.34. The number of nitrogens with zero attached hydrogens (tertiary/aromatic N) is 1. The summed E-state index contributed by atoms with van der Waals surface area (Å²) in [6.07, 6.45) is 0.324. The Bertz CT molecular complexity index is 1230. The molecule has 0 aliphatic carbocycles. The Morgan fingerprint density at radius 1 is 0.846 bits per heavy atom. The van der Waals surface area contributed by atoms with Crippen molar-refractivity contribution in [3.8, 4) is 17.2 Å². The first-order chi connectivity index (χ1) is 18.7. The second-order valence-electron chi connectivity index (χ2n) is 9.45. The number of carbonyl (C=O) groups excluding carboxylic acids is 2. The van der Waals surface area contributed by atoms with E-state index in [1.165, 1.54) is 19.1 Å². The van der Waals surface area contributed by atoms with E-state index in [2.05, 4.69) is 5.32 Å². The molecule has 0 aliphatic heterocycles. The fourth-order valence-corrected chi connectivity index (χ4v) is 4.22. The first kappa shape index (κ1) is 30.1. The Kier molecular flexibility index (Phi) is 11.3. The lowest BCUT2D eigenvalue weighted by Gasteiger charge is -2.32. The summed E-state index contributed by atoms with van der Waals surface area (Å²) in [5.41, 5.74) is 1.66. The number of methoxy groups -OCH3 is 2. The minimum atomic E-state index is -0.795. The number of rotatable bonds is 13. The van der Waals surface area contributed by atoms with Crippen LogP contribution in [0.15, 0.2) is 66.7 Å². The van der Waals surface area contributed by atoms with Crippen LogP contribution in [0.1, 0.15) is 25.0 Å². The number of amides is 2. The molecule has 3 aromatic rings. The van der Waals surface area contributed by atoms with Crippen molar-refractivity contribution in [2.75, 3.05) is 27.4 Å². The van der Waals surface area contributed by atoms with E-state index in [4.69, 9.17) is 37.4 Å². The van der Waals surface area contributed by atoms with Crippen LogP contribution in [-0.2, 0) is 22.6 Å². The maximum Gasteiger partial charge on any atom is 0.261 e. The van der Waals surface area contributed by atoms with Gasteiger partial charge in [0.2, 0.25) is 5.91 Å². The number of nitrogens with one attached hydrogen (secondary N) is 1. The fraction of sp³-hybridized carbons (Fsp3) is 0.333. The number of ether oxygens (including phenoxy) is 3.